The number of nitrogens with one attached hydrogen (secondary N) is 1. The van der Waals surface area contributed by atoms with Gasteiger partial charge in [0.2, 0.25) is 0 Å². The van der Waals surface area contributed by atoms with E-state index in [1.54, 1.807) is 0 Å². The Hall–Kier alpha value is -0.160. The number of hydrogen-bond acceptors (Lipinski definition) is 3. The minimum absolute atomic E-state index is 0. The van der Waals surface area contributed by atoms with E-state index >= 15 is 0 Å². The molecule has 17 heavy (non-hydrogen) atoms. The summed E-state index contributed by atoms with van der Waals surface area (Å²) < 4.78 is 0.903. The van der Waals surface area contributed by atoms with Crippen LogP contribution in [0.2, 0.25) is 0 Å². The van der Waals surface area contributed by atoms with Crippen LogP contribution in [0.5, 0.6) is 0 Å². The number of halogens is 2. The van der Waals surface area contributed by atoms with Crippen molar-refractivity contribution in [3.63, 3.8) is 0 Å². The van der Waals surface area contributed by atoms with E-state index in [-0.39, 0.29) is 12.4 Å². The summed E-state index contributed by atoms with van der Waals surface area (Å²) in [5.74, 6) is 0. The average molecular weight is 321 g/mol. The van der Waals surface area contributed by atoms with Crippen LogP contribution in [0.3, 0.4) is 0 Å². The maximum Gasteiger partial charge on any atom is 0.106 e. The van der Waals surface area contributed by atoms with Gasteiger partial charge in [-0.15, -0.1) is 12.4 Å². The Morgan fingerprint density at radius 1 is 1.41 bits per heavy atom. The highest BCUT2D eigenvalue weighted by molar-refractivity contribution is 9.10. The van der Waals surface area contributed by atoms with Gasteiger partial charge in [0, 0.05) is 18.8 Å². The summed E-state index contributed by atoms with van der Waals surface area (Å²) in [4.78, 5) is 6.69. The number of hydrogen-bond donors (Lipinski definition) is 1. The molecule has 1 N–H and O–H groups in total. The quantitative estimate of drug-likeness (QED) is 0.867. The van der Waals surface area contributed by atoms with E-state index in [0.29, 0.717) is 6.04 Å². The molecule has 2 heterocycles. The van der Waals surface area contributed by atoms with Crippen molar-refractivity contribution in [1.29, 1.82) is 0 Å². The van der Waals surface area contributed by atoms with Crippen LogP contribution in [-0.2, 0) is 6.54 Å². The molecule has 1 saturated heterocycles. The Bertz CT molecular complexity index is 325. The molecule has 0 amide bonds. The van der Waals surface area contributed by atoms with E-state index in [0.717, 1.165) is 24.2 Å². The minimum atomic E-state index is 0. The molecule has 96 valence electrons. The second kappa shape index (κ2) is 7.31. The third kappa shape index (κ3) is 4.54. The van der Waals surface area contributed by atoms with E-state index < -0.39 is 0 Å². The van der Waals surface area contributed by atoms with Crippen molar-refractivity contribution in [1.82, 2.24) is 15.2 Å². The molecule has 0 spiro atoms. The van der Waals surface area contributed by atoms with Crippen molar-refractivity contribution in [3.8, 4) is 0 Å². The van der Waals surface area contributed by atoms with Crippen molar-refractivity contribution in [2.45, 2.75) is 25.4 Å². The molecule has 0 radical (unpaired) electrons. The molecule has 1 aliphatic rings. The average Bonchev–Trinajstić information content (AvgIpc) is 2.33. The van der Waals surface area contributed by atoms with Crippen LogP contribution in [0.1, 0.15) is 18.4 Å². The maximum atomic E-state index is 4.25. The van der Waals surface area contributed by atoms with Gasteiger partial charge in [-0.05, 0) is 60.5 Å². The van der Waals surface area contributed by atoms with Crippen LogP contribution in [0.15, 0.2) is 22.9 Å². The van der Waals surface area contributed by atoms with Gasteiger partial charge in [0.15, 0.2) is 0 Å². The largest absolute Gasteiger partial charge is 0.317 e. The molecule has 0 unspecified atom stereocenters. The van der Waals surface area contributed by atoms with Crippen molar-refractivity contribution in [3.05, 3.63) is 28.5 Å². The number of piperidine rings is 1. The first kappa shape index (κ1) is 14.9. The van der Waals surface area contributed by atoms with Crippen LogP contribution in [-0.4, -0.2) is 36.1 Å². The van der Waals surface area contributed by atoms with Crippen LogP contribution in [0.25, 0.3) is 0 Å². The third-order valence-corrected chi connectivity index (χ3v) is 3.62. The van der Waals surface area contributed by atoms with Gasteiger partial charge in [-0.25, -0.2) is 4.98 Å². The van der Waals surface area contributed by atoms with Gasteiger partial charge in [0.1, 0.15) is 4.60 Å². The molecule has 3 nitrogen and oxygen atoms in total. The smallest absolute Gasteiger partial charge is 0.106 e. The third-order valence-electron chi connectivity index (χ3n) is 3.15. The normalized spacial score (nSPS) is 16.9. The molecular formula is C12H19BrClN3. The molecule has 0 bridgehead atoms. The molecule has 1 aliphatic heterocycles. The topological polar surface area (TPSA) is 28.2 Å². The van der Waals surface area contributed by atoms with Crippen LogP contribution in [0, 0.1) is 0 Å². The molecule has 2 rings (SSSR count). The second-order valence-corrected chi connectivity index (χ2v) is 5.20. The first-order chi connectivity index (χ1) is 7.75. The highest BCUT2D eigenvalue weighted by Crippen LogP contribution is 2.14. The Morgan fingerprint density at radius 2 is 2.12 bits per heavy atom. The SMILES string of the molecule is CN(Cc1ccc(Br)nc1)C1CCNCC1.Cl. The molecule has 1 aromatic rings. The zero-order valence-corrected chi connectivity index (χ0v) is 12.4. The van der Waals surface area contributed by atoms with E-state index in [9.17, 15) is 0 Å². The lowest BCUT2D eigenvalue weighted by Crippen LogP contribution is -2.40. The number of rotatable bonds is 3. The molecule has 0 saturated carbocycles. The van der Waals surface area contributed by atoms with E-state index in [4.69, 9.17) is 0 Å². The summed E-state index contributed by atoms with van der Waals surface area (Å²) in [5, 5.41) is 3.40. The summed E-state index contributed by atoms with van der Waals surface area (Å²) in [6.45, 7) is 3.28. The van der Waals surface area contributed by atoms with E-state index in [1.165, 1.54) is 18.4 Å². The van der Waals surface area contributed by atoms with Crippen molar-refractivity contribution >= 4 is 28.3 Å². The van der Waals surface area contributed by atoms with Crippen LogP contribution < -0.4 is 5.32 Å². The van der Waals surface area contributed by atoms with E-state index in [1.807, 2.05) is 12.3 Å². The molecule has 1 aromatic heterocycles. The molecule has 1 fully saturated rings. The zero-order valence-electron chi connectivity index (χ0n) is 10.0. The monoisotopic (exact) mass is 319 g/mol. The maximum absolute atomic E-state index is 4.25. The lowest BCUT2D eigenvalue weighted by atomic mass is 10.0. The Kier molecular flexibility index (Phi) is 6.41. The summed E-state index contributed by atoms with van der Waals surface area (Å²) in [7, 11) is 2.21. The predicted molar refractivity (Wildman–Crippen MR) is 76.5 cm³/mol. The Morgan fingerprint density at radius 3 is 2.71 bits per heavy atom. The Labute approximate surface area is 118 Å². The Balaban J connectivity index is 0.00000144. The molecule has 5 heteroatoms. The van der Waals surface area contributed by atoms with Crippen LogP contribution >= 0.6 is 28.3 Å². The summed E-state index contributed by atoms with van der Waals surface area (Å²) >= 11 is 3.36. The zero-order chi connectivity index (χ0) is 11.4. The molecular weight excluding hydrogens is 302 g/mol. The number of nitrogens with zero attached hydrogens (tertiary/aromatic N) is 2. The summed E-state index contributed by atoms with van der Waals surface area (Å²) in [6, 6.07) is 4.85. The first-order valence-electron chi connectivity index (χ1n) is 5.77. The molecule has 0 atom stereocenters. The highest BCUT2D eigenvalue weighted by Gasteiger charge is 2.17. The van der Waals surface area contributed by atoms with Crippen molar-refractivity contribution in [2.24, 2.45) is 0 Å². The van der Waals surface area contributed by atoms with E-state index in [2.05, 4.69) is 44.2 Å². The fourth-order valence-electron chi connectivity index (χ4n) is 2.16. The fraction of sp³-hybridized carbons (Fsp3) is 0.583. The fourth-order valence-corrected chi connectivity index (χ4v) is 2.40. The van der Waals surface area contributed by atoms with Gasteiger partial charge in [-0.1, -0.05) is 6.07 Å². The summed E-state index contributed by atoms with van der Waals surface area (Å²) in [6.07, 6.45) is 4.45. The minimum Gasteiger partial charge on any atom is -0.317 e. The lowest BCUT2D eigenvalue weighted by Gasteiger charge is -2.31. The van der Waals surface area contributed by atoms with Gasteiger partial charge in [-0.2, -0.15) is 0 Å². The number of aromatic nitrogens is 1. The van der Waals surface area contributed by atoms with Gasteiger partial charge in [0.25, 0.3) is 0 Å². The number of pyridine rings is 1. The van der Waals surface area contributed by atoms with Gasteiger partial charge < -0.3 is 5.32 Å². The predicted octanol–water partition coefficient (Wildman–Crippen LogP) is 2.45. The van der Waals surface area contributed by atoms with Crippen molar-refractivity contribution < 1.29 is 0 Å². The lowest BCUT2D eigenvalue weighted by molar-refractivity contribution is 0.191. The van der Waals surface area contributed by atoms with Gasteiger partial charge in [-0.3, -0.25) is 4.90 Å². The van der Waals surface area contributed by atoms with Gasteiger partial charge in [0.05, 0.1) is 0 Å². The second-order valence-electron chi connectivity index (χ2n) is 4.39. The van der Waals surface area contributed by atoms with Gasteiger partial charge >= 0.3 is 0 Å². The summed E-state index contributed by atoms with van der Waals surface area (Å²) in [5.41, 5.74) is 1.28. The standard InChI is InChI=1S/C12H18BrN3.ClH/c1-16(11-4-6-14-7-5-11)9-10-2-3-12(13)15-8-10;/h2-3,8,11,14H,4-7,9H2,1H3;1H. The van der Waals surface area contributed by atoms with Crippen LogP contribution in [0.4, 0.5) is 0 Å². The molecule has 0 aliphatic carbocycles. The highest BCUT2D eigenvalue weighted by atomic mass is 79.9. The first-order valence-corrected chi connectivity index (χ1v) is 6.56. The van der Waals surface area contributed by atoms with Crippen molar-refractivity contribution in [2.75, 3.05) is 20.1 Å². The molecule has 0 aromatic carbocycles.